The summed E-state index contributed by atoms with van der Waals surface area (Å²) in [7, 11) is 5.07. The third-order valence-corrected chi connectivity index (χ3v) is 6.30. The second-order valence-corrected chi connectivity index (χ2v) is 8.41. The molecule has 3 aromatic rings. The molecule has 1 N–H and O–H groups in total. The van der Waals surface area contributed by atoms with Crippen LogP contribution in [0, 0.1) is 5.92 Å². The number of hydrogen-bond acceptors (Lipinski definition) is 6. The second-order valence-electron chi connectivity index (χ2n) is 8.41. The number of aryl methyl sites for hydroxylation is 1. The maximum atomic E-state index is 13.6. The van der Waals surface area contributed by atoms with Gasteiger partial charge in [-0.3, -0.25) is 4.79 Å². The Morgan fingerprint density at radius 1 is 1.09 bits per heavy atom. The molecule has 1 amide bonds. The fraction of sp³-hybridized carbons (Fsp3) is 0.400. The Labute approximate surface area is 193 Å². The SMILES string of the molecule is COc1ccc(CN(Cc2c(-c3ccc(O)cc3)nnn2C)C(=O)C2CCCC2)c(OC)c1. The van der Waals surface area contributed by atoms with Crippen LogP contribution >= 0.6 is 0 Å². The molecule has 8 heteroatoms. The normalized spacial score (nSPS) is 13.8. The first-order chi connectivity index (χ1) is 16.0. The topological polar surface area (TPSA) is 89.7 Å². The van der Waals surface area contributed by atoms with Crippen LogP contribution in [0.2, 0.25) is 0 Å². The lowest BCUT2D eigenvalue weighted by molar-refractivity contribution is -0.136. The summed E-state index contributed by atoms with van der Waals surface area (Å²) in [4.78, 5) is 15.5. The summed E-state index contributed by atoms with van der Waals surface area (Å²) in [5.41, 5.74) is 3.28. The molecule has 0 radical (unpaired) electrons. The molecule has 0 aliphatic heterocycles. The number of benzene rings is 2. The van der Waals surface area contributed by atoms with E-state index in [9.17, 15) is 9.90 Å². The third-order valence-electron chi connectivity index (χ3n) is 6.30. The van der Waals surface area contributed by atoms with Crippen molar-refractivity contribution in [2.75, 3.05) is 14.2 Å². The third kappa shape index (κ3) is 4.94. The molecule has 0 saturated heterocycles. The lowest BCUT2D eigenvalue weighted by Crippen LogP contribution is -2.35. The molecule has 1 aliphatic carbocycles. The van der Waals surface area contributed by atoms with Crippen molar-refractivity contribution in [3.05, 3.63) is 53.7 Å². The Morgan fingerprint density at radius 2 is 1.82 bits per heavy atom. The number of carbonyl (C=O) groups is 1. The molecule has 1 fully saturated rings. The highest BCUT2D eigenvalue weighted by Gasteiger charge is 2.29. The van der Waals surface area contributed by atoms with E-state index >= 15 is 0 Å². The zero-order chi connectivity index (χ0) is 23.4. The largest absolute Gasteiger partial charge is 0.508 e. The van der Waals surface area contributed by atoms with Crippen molar-refractivity contribution >= 4 is 5.91 Å². The fourth-order valence-corrected chi connectivity index (χ4v) is 4.41. The Kier molecular flexibility index (Phi) is 6.82. The van der Waals surface area contributed by atoms with E-state index in [2.05, 4.69) is 10.3 Å². The molecule has 0 unspecified atom stereocenters. The minimum atomic E-state index is 0.0348. The van der Waals surface area contributed by atoms with Crippen LogP contribution in [0.3, 0.4) is 0 Å². The van der Waals surface area contributed by atoms with Gasteiger partial charge in [-0.25, -0.2) is 4.68 Å². The van der Waals surface area contributed by atoms with Crippen LogP contribution in [0.5, 0.6) is 17.2 Å². The van der Waals surface area contributed by atoms with Gasteiger partial charge >= 0.3 is 0 Å². The molecule has 2 aromatic carbocycles. The molecule has 174 valence electrons. The number of ether oxygens (including phenoxy) is 2. The van der Waals surface area contributed by atoms with Gasteiger partial charge in [0.05, 0.1) is 26.5 Å². The van der Waals surface area contributed by atoms with Crippen LogP contribution in [0.4, 0.5) is 0 Å². The summed E-state index contributed by atoms with van der Waals surface area (Å²) < 4.78 is 12.6. The van der Waals surface area contributed by atoms with Crippen molar-refractivity contribution in [2.24, 2.45) is 13.0 Å². The zero-order valence-electron chi connectivity index (χ0n) is 19.3. The van der Waals surface area contributed by atoms with E-state index in [1.165, 1.54) is 0 Å². The van der Waals surface area contributed by atoms with E-state index < -0.39 is 0 Å². The van der Waals surface area contributed by atoms with Gasteiger partial charge in [0.15, 0.2) is 0 Å². The van der Waals surface area contributed by atoms with E-state index in [4.69, 9.17) is 9.47 Å². The van der Waals surface area contributed by atoms with Gasteiger partial charge in [0.25, 0.3) is 0 Å². The summed E-state index contributed by atoms with van der Waals surface area (Å²) in [6.45, 7) is 0.771. The molecule has 0 bridgehead atoms. The van der Waals surface area contributed by atoms with Gasteiger partial charge in [-0.15, -0.1) is 5.10 Å². The van der Waals surface area contributed by atoms with Gasteiger partial charge in [-0.1, -0.05) is 18.1 Å². The van der Waals surface area contributed by atoms with Gasteiger partial charge in [0.1, 0.15) is 22.9 Å². The number of amides is 1. The fourth-order valence-electron chi connectivity index (χ4n) is 4.41. The van der Waals surface area contributed by atoms with Crippen LogP contribution in [0.15, 0.2) is 42.5 Å². The number of phenols is 1. The average molecular weight is 451 g/mol. The van der Waals surface area contributed by atoms with Gasteiger partial charge in [-0.2, -0.15) is 0 Å². The van der Waals surface area contributed by atoms with Gasteiger partial charge in [0.2, 0.25) is 5.91 Å². The first-order valence-corrected chi connectivity index (χ1v) is 11.2. The minimum absolute atomic E-state index is 0.0348. The van der Waals surface area contributed by atoms with Crippen molar-refractivity contribution in [1.82, 2.24) is 19.9 Å². The maximum Gasteiger partial charge on any atom is 0.226 e. The van der Waals surface area contributed by atoms with Crippen molar-refractivity contribution in [1.29, 1.82) is 0 Å². The molecule has 8 nitrogen and oxygen atoms in total. The number of hydrogen-bond donors (Lipinski definition) is 1. The van der Waals surface area contributed by atoms with Crippen LogP contribution in [0.1, 0.15) is 36.9 Å². The molecule has 1 heterocycles. The molecule has 1 saturated carbocycles. The summed E-state index contributed by atoms with van der Waals surface area (Å²) in [6.07, 6.45) is 4.01. The Hall–Kier alpha value is -3.55. The van der Waals surface area contributed by atoms with Crippen LogP contribution in [-0.4, -0.2) is 45.1 Å². The molecule has 0 atom stereocenters. The van der Waals surface area contributed by atoms with Crippen molar-refractivity contribution in [2.45, 2.75) is 38.8 Å². The first-order valence-electron chi connectivity index (χ1n) is 11.2. The second kappa shape index (κ2) is 9.94. The van der Waals surface area contributed by atoms with Crippen LogP contribution in [0.25, 0.3) is 11.3 Å². The summed E-state index contributed by atoms with van der Waals surface area (Å²) in [5.74, 6) is 1.75. The smallest absolute Gasteiger partial charge is 0.226 e. The average Bonchev–Trinajstić information content (AvgIpc) is 3.49. The Morgan fingerprint density at radius 3 is 2.48 bits per heavy atom. The number of nitrogens with zero attached hydrogens (tertiary/aromatic N) is 4. The minimum Gasteiger partial charge on any atom is -0.508 e. The molecule has 1 aromatic heterocycles. The molecule has 0 spiro atoms. The molecule has 4 rings (SSSR count). The number of phenolic OH excluding ortho intramolecular Hbond substituents is 1. The Bertz CT molecular complexity index is 1100. The van der Waals surface area contributed by atoms with Crippen LogP contribution < -0.4 is 9.47 Å². The Balaban J connectivity index is 1.67. The number of rotatable bonds is 8. The lowest BCUT2D eigenvalue weighted by Gasteiger charge is -2.27. The van der Waals surface area contributed by atoms with Gasteiger partial charge in [-0.05, 0) is 49.2 Å². The molecular weight excluding hydrogens is 420 g/mol. The standard InChI is InChI=1S/C25H30N4O4/c1-28-22(24(26-27-28)17-8-11-20(30)12-9-17)16-29(25(31)18-6-4-5-7-18)15-19-10-13-21(32-2)14-23(19)33-3/h8-14,18,30H,4-7,15-16H2,1-3H3. The summed E-state index contributed by atoms with van der Waals surface area (Å²) in [5, 5.41) is 18.2. The molecular formula is C25H30N4O4. The summed E-state index contributed by atoms with van der Waals surface area (Å²) >= 11 is 0. The number of aromatic hydroxyl groups is 1. The summed E-state index contributed by atoms with van der Waals surface area (Å²) in [6, 6.07) is 12.5. The number of aromatic nitrogens is 3. The van der Waals surface area contributed by atoms with Crippen LogP contribution in [-0.2, 0) is 24.9 Å². The van der Waals surface area contributed by atoms with E-state index in [-0.39, 0.29) is 17.6 Å². The highest BCUT2D eigenvalue weighted by atomic mass is 16.5. The quantitative estimate of drug-likeness (QED) is 0.559. The van der Waals surface area contributed by atoms with E-state index in [1.54, 1.807) is 43.2 Å². The van der Waals surface area contributed by atoms with E-state index in [1.807, 2.05) is 30.1 Å². The lowest BCUT2D eigenvalue weighted by atomic mass is 10.0. The predicted molar refractivity (Wildman–Crippen MR) is 124 cm³/mol. The number of methoxy groups -OCH3 is 2. The molecule has 33 heavy (non-hydrogen) atoms. The van der Waals surface area contributed by atoms with Gasteiger partial charge in [0, 0.05) is 36.7 Å². The predicted octanol–water partition coefficient (Wildman–Crippen LogP) is 3.92. The van der Waals surface area contributed by atoms with Crippen molar-refractivity contribution < 1.29 is 19.4 Å². The zero-order valence-corrected chi connectivity index (χ0v) is 19.3. The van der Waals surface area contributed by atoms with E-state index in [0.29, 0.717) is 30.3 Å². The highest BCUT2D eigenvalue weighted by Crippen LogP contribution is 2.32. The van der Waals surface area contributed by atoms with Gasteiger partial charge < -0.3 is 19.5 Å². The first kappa shape index (κ1) is 22.6. The maximum absolute atomic E-state index is 13.6. The van der Waals surface area contributed by atoms with Crippen molar-refractivity contribution in [3.8, 4) is 28.5 Å². The molecule has 1 aliphatic rings. The monoisotopic (exact) mass is 450 g/mol. The van der Waals surface area contributed by atoms with Crippen molar-refractivity contribution in [3.63, 3.8) is 0 Å². The number of carbonyl (C=O) groups excluding carboxylic acids is 1. The highest BCUT2D eigenvalue weighted by molar-refractivity contribution is 5.79. The van der Waals surface area contributed by atoms with E-state index in [0.717, 1.165) is 42.5 Å².